The summed E-state index contributed by atoms with van der Waals surface area (Å²) in [5, 5.41) is 0. The third-order valence-corrected chi connectivity index (χ3v) is 6.38. The monoisotopic (exact) mass is 468 g/mol. The molecule has 0 heterocycles. The first kappa shape index (κ1) is 31.9. The molecule has 0 aliphatic carbocycles. The van der Waals surface area contributed by atoms with Crippen molar-refractivity contribution in [2.24, 2.45) is 0 Å². The van der Waals surface area contributed by atoms with Gasteiger partial charge < -0.3 is 9.47 Å². The van der Waals surface area contributed by atoms with Gasteiger partial charge in [-0.1, -0.05) is 117 Å². The Morgan fingerprint density at radius 2 is 0.758 bits per heavy atom. The van der Waals surface area contributed by atoms with Crippen LogP contribution in [0.2, 0.25) is 0 Å². The van der Waals surface area contributed by atoms with Crippen LogP contribution in [0, 0.1) is 0 Å². The molecule has 4 nitrogen and oxygen atoms in total. The van der Waals surface area contributed by atoms with Crippen molar-refractivity contribution < 1.29 is 19.1 Å². The molecule has 2 atom stereocenters. The van der Waals surface area contributed by atoms with Crippen molar-refractivity contribution in [2.75, 3.05) is 0 Å². The molecule has 2 unspecified atom stereocenters. The Bertz CT molecular complexity index is 409. The van der Waals surface area contributed by atoms with Crippen LogP contribution in [-0.2, 0) is 19.1 Å². The van der Waals surface area contributed by atoms with Crippen molar-refractivity contribution in [3.63, 3.8) is 0 Å². The molecule has 0 spiro atoms. The highest BCUT2D eigenvalue weighted by Crippen LogP contribution is 2.14. The summed E-state index contributed by atoms with van der Waals surface area (Å²) in [5.74, 6) is -0.919. The largest absolute Gasteiger partial charge is 0.462 e. The normalized spacial score (nSPS) is 13.0. The van der Waals surface area contributed by atoms with E-state index in [1.54, 1.807) is 0 Å². The molecule has 0 bridgehead atoms. The molecule has 0 N–H and O–H groups in total. The Labute approximate surface area is 206 Å². The van der Waals surface area contributed by atoms with Crippen molar-refractivity contribution in [3.8, 4) is 0 Å². The Kier molecular flexibility index (Phi) is 23.3. The summed E-state index contributed by atoms with van der Waals surface area (Å²) < 4.78 is 10.8. The van der Waals surface area contributed by atoms with Gasteiger partial charge >= 0.3 is 11.9 Å². The Morgan fingerprint density at radius 1 is 0.485 bits per heavy atom. The van der Waals surface area contributed by atoms with Gasteiger partial charge in [0.15, 0.2) is 0 Å². The molecule has 4 heteroatoms. The van der Waals surface area contributed by atoms with Gasteiger partial charge in [-0.05, 0) is 39.5 Å². The van der Waals surface area contributed by atoms with Crippen LogP contribution in [-0.4, -0.2) is 24.1 Å². The Hall–Kier alpha value is -1.06. The maximum atomic E-state index is 12.0. The second-order valence-electron chi connectivity index (χ2n) is 10.0. The molecule has 0 aromatic rings. The van der Waals surface area contributed by atoms with Crippen molar-refractivity contribution in [1.82, 2.24) is 0 Å². The topological polar surface area (TPSA) is 52.6 Å². The summed E-state index contributed by atoms with van der Waals surface area (Å²) in [6.07, 6.45) is 24.3. The fourth-order valence-corrected chi connectivity index (χ4v) is 4.25. The molecule has 0 aliphatic rings. The third-order valence-electron chi connectivity index (χ3n) is 6.38. The van der Waals surface area contributed by atoms with E-state index in [0.29, 0.717) is 0 Å². The van der Waals surface area contributed by atoms with E-state index in [1.807, 2.05) is 13.8 Å². The van der Waals surface area contributed by atoms with Crippen LogP contribution in [0.4, 0.5) is 0 Å². The molecule has 0 aromatic carbocycles. The Morgan fingerprint density at radius 3 is 1.06 bits per heavy atom. The van der Waals surface area contributed by atoms with Crippen LogP contribution < -0.4 is 0 Å². The van der Waals surface area contributed by atoms with Crippen LogP contribution in [0.15, 0.2) is 0 Å². The van der Waals surface area contributed by atoms with E-state index in [0.717, 1.165) is 25.7 Å². The summed E-state index contributed by atoms with van der Waals surface area (Å²) in [6.45, 7) is 8.33. The van der Waals surface area contributed by atoms with E-state index in [4.69, 9.17) is 9.47 Å². The van der Waals surface area contributed by atoms with Crippen LogP contribution in [0.3, 0.4) is 0 Å². The Balaban J connectivity index is 3.61. The lowest BCUT2D eigenvalue weighted by atomic mass is 10.1. The van der Waals surface area contributed by atoms with Gasteiger partial charge in [0.1, 0.15) is 6.42 Å². The highest BCUT2D eigenvalue weighted by Gasteiger charge is 2.17. The van der Waals surface area contributed by atoms with E-state index in [-0.39, 0.29) is 18.6 Å². The second-order valence-corrected chi connectivity index (χ2v) is 10.0. The number of unbranched alkanes of at least 4 members (excludes halogenated alkanes) is 16. The number of rotatable bonds is 24. The predicted octanol–water partition coefficient (Wildman–Crippen LogP) is 9.08. The first-order chi connectivity index (χ1) is 16.0. The van der Waals surface area contributed by atoms with Gasteiger partial charge in [0.05, 0.1) is 12.2 Å². The minimum absolute atomic E-state index is 0.130. The zero-order valence-electron chi connectivity index (χ0n) is 22.6. The molecule has 0 radical (unpaired) electrons. The lowest BCUT2D eigenvalue weighted by Gasteiger charge is -2.15. The highest BCUT2D eigenvalue weighted by molar-refractivity contribution is 5.91. The molecule has 0 saturated carbocycles. The fraction of sp³-hybridized carbons (Fsp3) is 0.931. The molecule has 0 aromatic heterocycles. The first-order valence-electron chi connectivity index (χ1n) is 14.4. The molecule has 0 fully saturated rings. The smallest absolute Gasteiger partial charge is 0.317 e. The number of hydrogen-bond acceptors (Lipinski definition) is 4. The van der Waals surface area contributed by atoms with Crippen LogP contribution in [0.1, 0.15) is 163 Å². The van der Waals surface area contributed by atoms with E-state index in [2.05, 4.69) is 13.8 Å². The van der Waals surface area contributed by atoms with Gasteiger partial charge in [-0.25, -0.2) is 0 Å². The average molecular weight is 469 g/mol. The number of esters is 2. The van der Waals surface area contributed by atoms with Gasteiger partial charge in [-0.15, -0.1) is 0 Å². The molecule has 0 rings (SSSR count). The number of carbonyl (C=O) groups excluding carboxylic acids is 2. The first-order valence-corrected chi connectivity index (χ1v) is 14.4. The SMILES string of the molecule is CCCCCCCCCCCC(C)OC(=O)CC(=O)OC(C)CCCCCCCCCCC. The molecule has 0 aliphatic heterocycles. The summed E-state index contributed by atoms with van der Waals surface area (Å²) in [5.41, 5.74) is 0. The van der Waals surface area contributed by atoms with E-state index >= 15 is 0 Å². The highest BCUT2D eigenvalue weighted by atomic mass is 16.6. The lowest BCUT2D eigenvalue weighted by molar-refractivity contribution is -0.159. The van der Waals surface area contributed by atoms with Crippen molar-refractivity contribution in [2.45, 2.75) is 175 Å². The molecule has 0 amide bonds. The van der Waals surface area contributed by atoms with Gasteiger partial charge in [0, 0.05) is 0 Å². The zero-order valence-corrected chi connectivity index (χ0v) is 22.6. The average Bonchev–Trinajstić information content (AvgIpc) is 2.76. The zero-order chi connectivity index (χ0) is 24.6. The quantitative estimate of drug-likeness (QED) is 0.0805. The van der Waals surface area contributed by atoms with E-state index in [1.165, 1.54) is 103 Å². The summed E-state index contributed by atoms with van der Waals surface area (Å²) >= 11 is 0. The minimum atomic E-state index is -0.460. The van der Waals surface area contributed by atoms with Gasteiger partial charge in [0.25, 0.3) is 0 Å². The molecule has 0 saturated heterocycles. The van der Waals surface area contributed by atoms with Crippen molar-refractivity contribution in [3.05, 3.63) is 0 Å². The lowest BCUT2D eigenvalue weighted by Crippen LogP contribution is -2.21. The van der Waals surface area contributed by atoms with Crippen LogP contribution in [0.25, 0.3) is 0 Å². The summed E-state index contributed by atoms with van der Waals surface area (Å²) in [4.78, 5) is 24.0. The van der Waals surface area contributed by atoms with Gasteiger partial charge in [-0.3, -0.25) is 9.59 Å². The standard InChI is InChI=1S/C29H56O4/c1-5-7-9-11-13-15-17-19-21-23-26(3)32-28(30)25-29(31)33-27(4)24-22-20-18-16-14-12-10-8-6-2/h26-27H,5-25H2,1-4H3. The van der Waals surface area contributed by atoms with Crippen molar-refractivity contribution in [1.29, 1.82) is 0 Å². The molecular weight excluding hydrogens is 412 g/mol. The fourth-order valence-electron chi connectivity index (χ4n) is 4.25. The van der Waals surface area contributed by atoms with Gasteiger partial charge in [-0.2, -0.15) is 0 Å². The minimum Gasteiger partial charge on any atom is -0.462 e. The van der Waals surface area contributed by atoms with Crippen molar-refractivity contribution >= 4 is 11.9 Å². The van der Waals surface area contributed by atoms with E-state index < -0.39 is 11.9 Å². The van der Waals surface area contributed by atoms with Gasteiger partial charge in [0.2, 0.25) is 0 Å². The van der Waals surface area contributed by atoms with Crippen LogP contribution >= 0.6 is 0 Å². The molecule has 33 heavy (non-hydrogen) atoms. The third kappa shape index (κ3) is 23.9. The van der Waals surface area contributed by atoms with Crippen LogP contribution in [0.5, 0.6) is 0 Å². The second kappa shape index (κ2) is 24.1. The maximum absolute atomic E-state index is 12.0. The summed E-state index contributed by atoms with van der Waals surface area (Å²) in [6, 6.07) is 0. The molecular formula is C29H56O4. The number of ether oxygens (including phenoxy) is 2. The predicted molar refractivity (Wildman–Crippen MR) is 139 cm³/mol. The number of carbonyl (C=O) groups is 2. The summed E-state index contributed by atoms with van der Waals surface area (Å²) in [7, 11) is 0. The number of hydrogen-bond donors (Lipinski definition) is 0. The molecule has 196 valence electrons. The maximum Gasteiger partial charge on any atom is 0.317 e. The van der Waals surface area contributed by atoms with E-state index in [9.17, 15) is 9.59 Å².